The summed E-state index contributed by atoms with van der Waals surface area (Å²) in [5, 5.41) is 7.94. The van der Waals surface area contributed by atoms with Crippen LogP contribution < -0.4 is 15.8 Å². The van der Waals surface area contributed by atoms with Crippen molar-refractivity contribution in [2.45, 2.75) is 31.8 Å². The average molecular weight is 238 g/mol. The second-order valence-electron chi connectivity index (χ2n) is 4.72. The van der Waals surface area contributed by atoms with Crippen LogP contribution in [0, 0.1) is 5.92 Å². The summed E-state index contributed by atoms with van der Waals surface area (Å²) in [6, 6.07) is 2.52. The Bertz CT molecular complexity index is 363. The molecule has 0 aromatic carbocycles. The molecule has 2 atom stereocenters. The Morgan fingerprint density at radius 1 is 1.59 bits per heavy atom. The van der Waals surface area contributed by atoms with Crippen LogP contribution in [-0.2, 0) is 13.6 Å². The summed E-state index contributed by atoms with van der Waals surface area (Å²) in [6.45, 7) is 1.57. The van der Waals surface area contributed by atoms with E-state index < -0.39 is 0 Å². The third-order valence-electron chi connectivity index (χ3n) is 3.60. The lowest BCUT2D eigenvalue weighted by Crippen LogP contribution is -2.35. The normalized spacial score (nSPS) is 24.2. The summed E-state index contributed by atoms with van der Waals surface area (Å²) >= 11 is 0. The molecule has 1 aromatic heterocycles. The van der Waals surface area contributed by atoms with Crippen LogP contribution in [0.4, 0.5) is 0 Å². The summed E-state index contributed by atoms with van der Waals surface area (Å²) < 4.78 is 6.95. The minimum atomic E-state index is 0.549. The van der Waals surface area contributed by atoms with Crippen LogP contribution in [0.3, 0.4) is 0 Å². The van der Waals surface area contributed by atoms with Gasteiger partial charge in [-0.2, -0.15) is 5.10 Å². The molecule has 1 aliphatic rings. The molecule has 17 heavy (non-hydrogen) atoms. The van der Waals surface area contributed by atoms with E-state index in [2.05, 4.69) is 10.4 Å². The number of aromatic nitrogens is 2. The predicted octanol–water partition coefficient (Wildman–Crippen LogP) is 0.646. The van der Waals surface area contributed by atoms with Crippen LogP contribution in [-0.4, -0.2) is 29.5 Å². The lowest BCUT2D eigenvalue weighted by atomic mass is 10.0. The first-order valence-corrected chi connectivity index (χ1v) is 6.25. The van der Waals surface area contributed by atoms with E-state index in [0.29, 0.717) is 12.0 Å². The Hall–Kier alpha value is -1.07. The van der Waals surface area contributed by atoms with Crippen molar-refractivity contribution < 1.29 is 4.74 Å². The van der Waals surface area contributed by atoms with E-state index >= 15 is 0 Å². The minimum Gasteiger partial charge on any atom is -0.481 e. The van der Waals surface area contributed by atoms with E-state index in [-0.39, 0.29) is 0 Å². The van der Waals surface area contributed by atoms with Crippen molar-refractivity contribution >= 4 is 0 Å². The van der Waals surface area contributed by atoms with E-state index in [1.165, 1.54) is 19.3 Å². The van der Waals surface area contributed by atoms with Crippen molar-refractivity contribution in [1.82, 2.24) is 15.1 Å². The highest BCUT2D eigenvalue weighted by Gasteiger charge is 2.25. The number of nitrogens with one attached hydrogen (secondary N) is 1. The van der Waals surface area contributed by atoms with Crippen LogP contribution in [0.5, 0.6) is 5.88 Å². The lowest BCUT2D eigenvalue weighted by Gasteiger charge is -2.18. The van der Waals surface area contributed by atoms with Gasteiger partial charge in [-0.25, -0.2) is 4.68 Å². The fourth-order valence-electron chi connectivity index (χ4n) is 2.61. The van der Waals surface area contributed by atoms with E-state index in [4.69, 9.17) is 10.5 Å². The average Bonchev–Trinajstić information content (AvgIpc) is 2.92. The standard InChI is InChI=1S/C12H22N4O/c1-16-12(17-2)6-10(15-16)8-14-11-5-3-4-9(11)7-13/h6,9,11,14H,3-5,7-8,13H2,1-2H3. The molecule has 96 valence electrons. The maximum atomic E-state index is 5.76. The first kappa shape index (κ1) is 12.4. The number of hydrogen-bond acceptors (Lipinski definition) is 4. The fourth-order valence-corrected chi connectivity index (χ4v) is 2.61. The number of aryl methyl sites for hydroxylation is 1. The molecule has 1 heterocycles. The van der Waals surface area contributed by atoms with Crippen molar-refractivity contribution in [1.29, 1.82) is 0 Å². The molecule has 2 unspecified atom stereocenters. The predicted molar refractivity (Wildman–Crippen MR) is 66.8 cm³/mol. The van der Waals surface area contributed by atoms with Gasteiger partial charge in [-0.1, -0.05) is 6.42 Å². The summed E-state index contributed by atoms with van der Waals surface area (Å²) in [6.07, 6.45) is 3.76. The summed E-state index contributed by atoms with van der Waals surface area (Å²) in [4.78, 5) is 0. The Kier molecular flexibility index (Phi) is 4.02. The van der Waals surface area contributed by atoms with Gasteiger partial charge in [0.25, 0.3) is 0 Å². The Morgan fingerprint density at radius 2 is 2.41 bits per heavy atom. The second-order valence-corrected chi connectivity index (χ2v) is 4.72. The molecule has 0 spiro atoms. The Labute approximate surface area is 102 Å². The molecule has 1 fully saturated rings. The zero-order valence-electron chi connectivity index (χ0n) is 10.6. The van der Waals surface area contributed by atoms with Crippen LogP contribution in [0.25, 0.3) is 0 Å². The van der Waals surface area contributed by atoms with Crippen molar-refractivity contribution in [3.05, 3.63) is 11.8 Å². The van der Waals surface area contributed by atoms with Crippen LogP contribution in [0.1, 0.15) is 25.0 Å². The van der Waals surface area contributed by atoms with Gasteiger partial charge in [-0.3, -0.25) is 0 Å². The van der Waals surface area contributed by atoms with Gasteiger partial charge in [0.2, 0.25) is 5.88 Å². The topological polar surface area (TPSA) is 65.1 Å². The zero-order valence-corrected chi connectivity index (χ0v) is 10.6. The number of rotatable bonds is 5. The third-order valence-corrected chi connectivity index (χ3v) is 3.60. The van der Waals surface area contributed by atoms with Crippen LogP contribution in [0.15, 0.2) is 6.07 Å². The summed E-state index contributed by atoms with van der Waals surface area (Å²) in [5.74, 6) is 1.42. The highest BCUT2D eigenvalue weighted by atomic mass is 16.5. The molecule has 5 heteroatoms. The maximum absolute atomic E-state index is 5.76. The van der Waals surface area contributed by atoms with E-state index in [1.54, 1.807) is 11.8 Å². The van der Waals surface area contributed by atoms with Crippen molar-refractivity contribution in [3.63, 3.8) is 0 Å². The molecule has 0 saturated heterocycles. The number of nitrogens with zero attached hydrogens (tertiary/aromatic N) is 2. The molecule has 0 aliphatic heterocycles. The lowest BCUT2D eigenvalue weighted by molar-refractivity contribution is 0.373. The summed E-state index contributed by atoms with van der Waals surface area (Å²) in [5.41, 5.74) is 6.78. The highest BCUT2D eigenvalue weighted by Crippen LogP contribution is 2.24. The summed E-state index contributed by atoms with van der Waals surface area (Å²) in [7, 11) is 3.55. The molecule has 1 saturated carbocycles. The molecule has 5 nitrogen and oxygen atoms in total. The van der Waals surface area contributed by atoms with Gasteiger partial charge < -0.3 is 15.8 Å². The first-order chi connectivity index (χ1) is 8.24. The number of nitrogens with two attached hydrogens (primary N) is 1. The number of ether oxygens (including phenoxy) is 1. The highest BCUT2D eigenvalue weighted by molar-refractivity contribution is 5.15. The molecule has 0 radical (unpaired) electrons. The van der Waals surface area contributed by atoms with Crippen LogP contribution >= 0.6 is 0 Å². The van der Waals surface area contributed by atoms with Crippen molar-refractivity contribution in [2.24, 2.45) is 18.7 Å². The van der Waals surface area contributed by atoms with Gasteiger partial charge in [0, 0.05) is 25.7 Å². The van der Waals surface area contributed by atoms with Gasteiger partial charge in [-0.15, -0.1) is 0 Å². The molecule has 1 aromatic rings. The quantitative estimate of drug-likeness (QED) is 0.790. The molecule has 2 rings (SSSR count). The molecule has 0 amide bonds. The van der Waals surface area contributed by atoms with E-state index in [0.717, 1.165) is 24.7 Å². The van der Waals surface area contributed by atoms with Crippen molar-refractivity contribution in [3.8, 4) is 5.88 Å². The Balaban J connectivity index is 1.88. The molecular formula is C12H22N4O. The Morgan fingerprint density at radius 3 is 3.06 bits per heavy atom. The zero-order chi connectivity index (χ0) is 12.3. The molecule has 0 bridgehead atoms. The van der Waals surface area contributed by atoms with Gasteiger partial charge in [-0.05, 0) is 25.3 Å². The van der Waals surface area contributed by atoms with Gasteiger partial charge in [0.1, 0.15) is 0 Å². The smallest absolute Gasteiger partial charge is 0.211 e. The minimum absolute atomic E-state index is 0.549. The molecule has 1 aliphatic carbocycles. The van der Waals surface area contributed by atoms with E-state index in [1.807, 2.05) is 13.1 Å². The van der Waals surface area contributed by atoms with Crippen LogP contribution in [0.2, 0.25) is 0 Å². The SMILES string of the molecule is COc1cc(CNC2CCCC2CN)nn1C. The largest absolute Gasteiger partial charge is 0.481 e. The van der Waals surface area contributed by atoms with Gasteiger partial charge in [0.15, 0.2) is 0 Å². The van der Waals surface area contributed by atoms with E-state index in [9.17, 15) is 0 Å². The maximum Gasteiger partial charge on any atom is 0.211 e. The molecule has 3 N–H and O–H groups in total. The molecular weight excluding hydrogens is 216 g/mol. The first-order valence-electron chi connectivity index (χ1n) is 6.25. The second kappa shape index (κ2) is 5.51. The van der Waals surface area contributed by atoms with Gasteiger partial charge >= 0.3 is 0 Å². The number of methoxy groups -OCH3 is 1. The fraction of sp³-hybridized carbons (Fsp3) is 0.750. The number of hydrogen-bond donors (Lipinski definition) is 2. The monoisotopic (exact) mass is 238 g/mol. The van der Waals surface area contributed by atoms with Crippen molar-refractivity contribution in [2.75, 3.05) is 13.7 Å². The third kappa shape index (κ3) is 2.79. The van der Waals surface area contributed by atoms with Gasteiger partial charge in [0.05, 0.1) is 12.8 Å².